The van der Waals surface area contributed by atoms with E-state index in [1.165, 1.54) is 0 Å². The average Bonchev–Trinajstić information content (AvgIpc) is 2.61. The summed E-state index contributed by atoms with van der Waals surface area (Å²) in [6, 6.07) is 5.85. The summed E-state index contributed by atoms with van der Waals surface area (Å²) < 4.78 is 0. The molecule has 96 valence electrons. The number of benzene rings is 1. The van der Waals surface area contributed by atoms with E-state index in [0.29, 0.717) is 17.6 Å². The van der Waals surface area contributed by atoms with Crippen LogP contribution < -0.4 is 5.32 Å². The maximum absolute atomic E-state index is 12.2. The number of hydrogen-bond donors (Lipinski definition) is 2. The number of halogens is 1. The maximum atomic E-state index is 12.2. The van der Waals surface area contributed by atoms with Crippen LogP contribution in [0.4, 0.5) is 0 Å². The van der Waals surface area contributed by atoms with Gasteiger partial charge in [0.25, 0.3) is 0 Å². The Morgan fingerprint density at radius 3 is 2.83 bits per heavy atom. The number of aromatic amines is 1. The molecule has 2 N–H and O–H groups in total. The first-order valence-corrected chi connectivity index (χ1v) is 6.41. The van der Waals surface area contributed by atoms with Gasteiger partial charge in [0.2, 0.25) is 0 Å². The van der Waals surface area contributed by atoms with E-state index >= 15 is 0 Å². The summed E-state index contributed by atoms with van der Waals surface area (Å²) in [5.41, 5.74) is 2.56. The van der Waals surface area contributed by atoms with Gasteiger partial charge in [-0.2, -0.15) is 0 Å². The fourth-order valence-electron chi connectivity index (χ4n) is 2.05. The van der Waals surface area contributed by atoms with Crippen LogP contribution in [0.1, 0.15) is 29.9 Å². The zero-order valence-electron chi connectivity index (χ0n) is 10.8. The van der Waals surface area contributed by atoms with Crippen LogP contribution in [0.25, 0.3) is 10.9 Å². The van der Waals surface area contributed by atoms with Gasteiger partial charge in [-0.3, -0.25) is 4.79 Å². The van der Waals surface area contributed by atoms with E-state index in [1.807, 2.05) is 39.0 Å². The molecule has 0 spiro atoms. The molecule has 3 nitrogen and oxygen atoms in total. The van der Waals surface area contributed by atoms with E-state index in [2.05, 4.69) is 10.3 Å². The van der Waals surface area contributed by atoms with Gasteiger partial charge in [0, 0.05) is 33.2 Å². The highest BCUT2D eigenvalue weighted by molar-refractivity contribution is 6.31. The number of carbonyl (C=O) groups is 1. The summed E-state index contributed by atoms with van der Waals surface area (Å²) >= 11 is 5.95. The SMILES string of the molecule is Cc1[nH]c2cc(Cl)ccc2c1C(=O)CNC(C)C. The van der Waals surface area contributed by atoms with E-state index in [0.717, 1.165) is 22.2 Å². The Morgan fingerprint density at radius 2 is 2.17 bits per heavy atom. The number of Topliss-reactive ketones (excluding diaryl/α,β-unsaturated/α-hetero) is 1. The molecule has 0 fully saturated rings. The van der Waals surface area contributed by atoms with Crippen LogP contribution in [0.2, 0.25) is 5.02 Å². The second-order valence-corrected chi connectivity index (χ2v) is 5.21. The van der Waals surface area contributed by atoms with Crippen molar-refractivity contribution in [3.63, 3.8) is 0 Å². The summed E-state index contributed by atoms with van der Waals surface area (Å²) in [5.74, 6) is 0.106. The van der Waals surface area contributed by atoms with E-state index in [1.54, 1.807) is 0 Å². The van der Waals surface area contributed by atoms with Crippen LogP contribution in [0, 0.1) is 6.92 Å². The molecular formula is C14H17ClN2O. The Balaban J connectivity index is 2.38. The van der Waals surface area contributed by atoms with Crippen LogP contribution in [0.3, 0.4) is 0 Å². The van der Waals surface area contributed by atoms with Gasteiger partial charge in [0.05, 0.1) is 6.54 Å². The molecule has 0 radical (unpaired) electrons. The summed E-state index contributed by atoms with van der Waals surface area (Å²) in [6.45, 7) is 6.31. The van der Waals surface area contributed by atoms with Crippen LogP contribution in [0.5, 0.6) is 0 Å². The predicted octanol–water partition coefficient (Wildman–Crippen LogP) is 3.31. The summed E-state index contributed by atoms with van der Waals surface area (Å²) in [5, 5.41) is 4.75. The largest absolute Gasteiger partial charge is 0.358 e. The van der Waals surface area contributed by atoms with Crippen molar-refractivity contribution in [1.29, 1.82) is 0 Å². The Bertz CT molecular complexity index is 587. The Morgan fingerprint density at radius 1 is 1.44 bits per heavy atom. The Kier molecular flexibility index (Phi) is 3.73. The Labute approximate surface area is 112 Å². The van der Waals surface area contributed by atoms with Crippen molar-refractivity contribution in [2.45, 2.75) is 26.8 Å². The van der Waals surface area contributed by atoms with Gasteiger partial charge in [-0.1, -0.05) is 31.5 Å². The first-order valence-electron chi connectivity index (χ1n) is 6.03. The van der Waals surface area contributed by atoms with Gasteiger partial charge in [-0.05, 0) is 19.1 Å². The smallest absolute Gasteiger partial charge is 0.179 e. The van der Waals surface area contributed by atoms with Gasteiger partial charge in [0.1, 0.15) is 0 Å². The van der Waals surface area contributed by atoms with Gasteiger partial charge in [-0.25, -0.2) is 0 Å². The number of carbonyl (C=O) groups excluding carboxylic acids is 1. The van der Waals surface area contributed by atoms with Crippen LogP contribution >= 0.6 is 11.6 Å². The number of hydrogen-bond acceptors (Lipinski definition) is 2. The lowest BCUT2D eigenvalue weighted by Gasteiger charge is -2.07. The molecule has 18 heavy (non-hydrogen) atoms. The minimum atomic E-state index is 0.106. The number of aromatic nitrogens is 1. The highest BCUT2D eigenvalue weighted by Crippen LogP contribution is 2.25. The van der Waals surface area contributed by atoms with Crippen molar-refractivity contribution in [3.8, 4) is 0 Å². The molecule has 0 unspecified atom stereocenters. The van der Waals surface area contributed by atoms with Crippen molar-refractivity contribution in [3.05, 3.63) is 34.5 Å². The lowest BCUT2D eigenvalue weighted by Crippen LogP contribution is -2.29. The minimum Gasteiger partial charge on any atom is -0.358 e. The number of aryl methyl sites for hydroxylation is 1. The van der Waals surface area contributed by atoms with Crippen molar-refractivity contribution < 1.29 is 4.79 Å². The van der Waals surface area contributed by atoms with Crippen LogP contribution in [-0.2, 0) is 0 Å². The molecule has 0 saturated heterocycles. The van der Waals surface area contributed by atoms with Crippen LogP contribution in [-0.4, -0.2) is 23.4 Å². The third-order valence-electron chi connectivity index (χ3n) is 2.90. The molecule has 0 amide bonds. The van der Waals surface area contributed by atoms with Gasteiger partial charge < -0.3 is 10.3 Å². The third kappa shape index (κ3) is 2.57. The third-order valence-corrected chi connectivity index (χ3v) is 3.13. The zero-order valence-corrected chi connectivity index (χ0v) is 11.6. The summed E-state index contributed by atoms with van der Waals surface area (Å²) in [7, 11) is 0. The fourth-order valence-corrected chi connectivity index (χ4v) is 2.22. The maximum Gasteiger partial charge on any atom is 0.179 e. The molecule has 0 aliphatic carbocycles. The standard InChI is InChI=1S/C14H17ClN2O/c1-8(2)16-7-13(18)14-9(3)17-12-6-10(15)4-5-11(12)14/h4-6,8,16-17H,7H2,1-3H3. The molecular weight excluding hydrogens is 248 g/mol. The van der Waals surface area contributed by atoms with E-state index in [4.69, 9.17) is 11.6 Å². The molecule has 0 aliphatic heterocycles. The molecule has 1 aromatic heterocycles. The van der Waals surface area contributed by atoms with E-state index in [9.17, 15) is 4.79 Å². The molecule has 4 heteroatoms. The molecule has 1 aromatic carbocycles. The number of H-pyrrole nitrogens is 1. The van der Waals surface area contributed by atoms with Crippen molar-refractivity contribution in [2.75, 3.05) is 6.54 Å². The molecule has 0 atom stereocenters. The summed E-state index contributed by atoms with van der Waals surface area (Å²) in [6.07, 6.45) is 0. The second-order valence-electron chi connectivity index (χ2n) is 4.77. The average molecular weight is 265 g/mol. The number of nitrogens with one attached hydrogen (secondary N) is 2. The molecule has 2 aromatic rings. The van der Waals surface area contributed by atoms with Crippen molar-refractivity contribution in [2.24, 2.45) is 0 Å². The zero-order chi connectivity index (χ0) is 13.3. The van der Waals surface area contributed by atoms with Gasteiger partial charge in [-0.15, -0.1) is 0 Å². The van der Waals surface area contributed by atoms with E-state index in [-0.39, 0.29) is 5.78 Å². The van der Waals surface area contributed by atoms with Gasteiger partial charge in [0.15, 0.2) is 5.78 Å². The Hall–Kier alpha value is -1.32. The summed E-state index contributed by atoms with van der Waals surface area (Å²) in [4.78, 5) is 15.4. The topological polar surface area (TPSA) is 44.9 Å². The number of ketones is 1. The number of rotatable bonds is 4. The minimum absolute atomic E-state index is 0.106. The lowest BCUT2D eigenvalue weighted by molar-refractivity contribution is 0.0989. The number of fused-ring (bicyclic) bond motifs is 1. The normalized spacial score (nSPS) is 11.4. The fraction of sp³-hybridized carbons (Fsp3) is 0.357. The monoisotopic (exact) mass is 264 g/mol. The molecule has 2 rings (SSSR count). The first-order chi connectivity index (χ1) is 8.49. The van der Waals surface area contributed by atoms with Crippen LogP contribution in [0.15, 0.2) is 18.2 Å². The molecule has 1 heterocycles. The lowest BCUT2D eigenvalue weighted by atomic mass is 10.1. The second kappa shape index (κ2) is 5.12. The molecule has 0 aliphatic rings. The quantitative estimate of drug-likeness (QED) is 0.832. The van der Waals surface area contributed by atoms with Gasteiger partial charge >= 0.3 is 0 Å². The first kappa shape index (κ1) is 13.1. The van der Waals surface area contributed by atoms with Crippen molar-refractivity contribution in [1.82, 2.24) is 10.3 Å². The molecule has 0 bridgehead atoms. The highest BCUT2D eigenvalue weighted by Gasteiger charge is 2.15. The predicted molar refractivity (Wildman–Crippen MR) is 75.5 cm³/mol. The molecule has 0 saturated carbocycles. The highest BCUT2D eigenvalue weighted by atomic mass is 35.5. The van der Waals surface area contributed by atoms with Crippen molar-refractivity contribution >= 4 is 28.3 Å². The van der Waals surface area contributed by atoms with E-state index < -0.39 is 0 Å².